The Morgan fingerprint density at radius 1 is 1.15 bits per heavy atom. The number of sulfone groups is 1. The molecular formula is C20H20FNO3S. The average molecular weight is 373 g/mol. The zero-order valence-corrected chi connectivity index (χ0v) is 15.2. The number of rotatable bonds is 5. The Bertz CT molecular complexity index is 908. The topological polar surface area (TPSA) is 54.5 Å². The van der Waals surface area contributed by atoms with Gasteiger partial charge in [-0.2, -0.15) is 0 Å². The Hall–Kier alpha value is -2.47. The Labute approximate surface area is 152 Å². The lowest BCUT2D eigenvalue weighted by molar-refractivity contribution is -0.120. The van der Waals surface area contributed by atoms with Crippen LogP contribution in [0.25, 0.3) is 0 Å². The lowest BCUT2D eigenvalue weighted by Gasteiger charge is -2.31. The van der Waals surface area contributed by atoms with Crippen molar-refractivity contribution in [2.24, 2.45) is 0 Å². The van der Waals surface area contributed by atoms with Crippen molar-refractivity contribution in [2.45, 2.75) is 25.3 Å². The number of benzene rings is 2. The molecule has 2 atom stereocenters. The lowest BCUT2D eigenvalue weighted by atomic mass is 9.94. The van der Waals surface area contributed by atoms with E-state index in [4.69, 9.17) is 0 Å². The van der Waals surface area contributed by atoms with Crippen molar-refractivity contribution >= 4 is 21.4 Å². The molecule has 1 aliphatic rings. The summed E-state index contributed by atoms with van der Waals surface area (Å²) in [7, 11) is -3.34. The van der Waals surface area contributed by atoms with Crippen LogP contribution < -0.4 is 4.90 Å². The van der Waals surface area contributed by atoms with Gasteiger partial charge >= 0.3 is 0 Å². The highest BCUT2D eigenvalue weighted by Gasteiger charge is 2.34. The summed E-state index contributed by atoms with van der Waals surface area (Å²) in [5.74, 6) is -1.18. The van der Waals surface area contributed by atoms with Crippen molar-refractivity contribution in [3.8, 4) is 0 Å². The minimum absolute atomic E-state index is 0.165. The molecule has 0 radical (unpaired) electrons. The van der Waals surface area contributed by atoms with E-state index in [9.17, 15) is 17.6 Å². The van der Waals surface area contributed by atoms with Gasteiger partial charge in [-0.3, -0.25) is 4.79 Å². The highest BCUT2D eigenvalue weighted by Crippen LogP contribution is 2.29. The summed E-state index contributed by atoms with van der Waals surface area (Å²) in [5.41, 5.74) is 1.36. The lowest BCUT2D eigenvalue weighted by Crippen LogP contribution is -2.43. The van der Waals surface area contributed by atoms with Crippen molar-refractivity contribution < 1.29 is 17.6 Å². The van der Waals surface area contributed by atoms with Crippen molar-refractivity contribution in [3.63, 3.8) is 0 Å². The van der Waals surface area contributed by atoms with Crippen LogP contribution in [0.15, 0.2) is 66.1 Å². The van der Waals surface area contributed by atoms with Crippen molar-refractivity contribution in [3.05, 3.63) is 77.5 Å². The minimum Gasteiger partial charge on any atom is -0.304 e. The third-order valence-corrected chi connectivity index (χ3v) is 5.87. The maximum Gasteiger partial charge on any atom is 0.235 e. The number of hydrogen-bond acceptors (Lipinski definition) is 3. The molecule has 0 spiro atoms. The van der Waals surface area contributed by atoms with Gasteiger partial charge in [-0.25, -0.2) is 12.8 Å². The Kier molecular flexibility index (Phi) is 5.23. The summed E-state index contributed by atoms with van der Waals surface area (Å²) in [6.07, 6.45) is 2.10. The fourth-order valence-corrected chi connectivity index (χ4v) is 4.48. The van der Waals surface area contributed by atoms with E-state index in [-0.39, 0.29) is 11.7 Å². The second-order valence-electron chi connectivity index (χ2n) is 6.28. The predicted molar refractivity (Wildman–Crippen MR) is 100 cm³/mol. The summed E-state index contributed by atoms with van der Waals surface area (Å²) in [6, 6.07) is 14.3. The van der Waals surface area contributed by atoms with Gasteiger partial charge in [0, 0.05) is 11.1 Å². The van der Waals surface area contributed by atoms with Gasteiger partial charge in [-0.1, -0.05) is 37.3 Å². The summed E-state index contributed by atoms with van der Waals surface area (Å²) >= 11 is 0. The molecule has 1 amide bonds. The van der Waals surface area contributed by atoms with Gasteiger partial charge in [0.2, 0.25) is 5.91 Å². The number of hydrogen-bond donors (Lipinski definition) is 0. The Morgan fingerprint density at radius 2 is 1.81 bits per heavy atom. The number of nitrogens with zero attached hydrogens (tertiary/aromatic N) is 1. The molecule has 4 nitrogen and oxygen atoms in total. The molecule has 0 aliphatic carbocycles. The molecule has 6 heteroatoms. The van der Waals surface area contributed by atoms with E-state index in [0.29, 0.717) is 12.1 Å². The van der Waals surface area contributed by atoms with Crippen LogP contribution in [0.3, 0.4) is 0 Å². The quantitative estimate of drug-likeness (QED) is 0.804. The molecule has 26 heavy (non-hydrogen) atoms. The third-order valence-electron chi connectivity index (χ3n) is 4.49. The molecule has 0 saturated heterocycles. The van der Waals surface area contributed by atoms with E-state index in [1.165, 1.54) is 35.2 Å². The summed E-state index contributed by atoms with van der Waals surface area (Å²) in [6.45, 7) is 1.92. The highest BCUT2D eigenvalue weighted by atomic mass is 32.2. The van der Waals surface area contributed by atoms with Crippen LogP contribution in [0, 0.1) is 5.82 Å². The molecule has 0 aromatic heterocycles. The summed E-state index contributed by atoms with van der Waals surface area (Å²) in [5, 5.41) is 1.14. The zero-order valence-electron chi connectivity index (χ0n) is 14.4. The van der Waals surface area contributed by atoms with Crippen molar-refractivity contribution in [1.82, 2.24) is 0 Å². The number of amides is 1. The van der Waals surface area contributed by atoms with Crippen LogP contribution in [-0.2, 0) is 14.6 Å². The van der Waals surface area contributed by atoms with Crippen LogP contribution in [0.2, 0.25) is 0 Å². The SMILES string of the molecule is CC[C@H](C(=O)N(c1ccc(F)cc1)[C@@H]1C=CS(=O)(=O)C1)c1ccccc1. The van der Waals surface area contributed by atoms with E-state index < -0.39 is 27.6 Å². The molecule has 136 valence electrons. The van der Waals surface area contributed by atoms with E-state index >= 15 is 0 Å². The first-order chi connectivity index (χ1) is 12.4. The third kappa shape index (κ3) is 3.85. The van der Waals surface area contributed by atoms with Gasteiger partial charge < -0.3 is 4.90 Å². The second-order valence-corrected chi connectivity index (χ2v) is 8.21. The second kappa shape index (κ2) is 7.41. The van der Waals surface area contributed by atoms with Gasteiger partial charge in [-0.05, 0) is 42.3 Å². The van der Waals surface area contributed by atoms with Gasteiger partial charge in [0.25, 0.3) is 0 Å². The van der Waals surface area contributed by atoms with E-state index in [1.807, 2.05) is 37.3 Å². The zero-order chi connectivity index (χ0) is 18.7. The van der Waals surface area contributed by atoms with Crippen LogP contribution >= 0.6 is 0 Å². The number of carbonyl (C=O) groups excluding carboxylic acids is 1. The average Bonchev–Trinajstić information content (AvgIpc) is 2.98. The first-order valence-corrected chi connectivity index (χ1v) is 10.2. The highest BCUT2D eigenvalue weighted by molar-refractivity contribution is 7.94. The normalized spacial score (nSPS) is 19.2. The van der Waals surface area contributed by atoms with Crippen molar-refractivity contribution in [1.29, 1.82) is 0 Å². The standard InChI is InChI=1S/C20H20FNO3S/c1-2-19(15-6-4-3-5-7-15)20(23)22(17-10-8-16(21)9-11-17)18-12-13-26(24,25)14-18/h3-13,18-19H,2,14H2,1H3/t18-,19+/m1/s1. The smallest absolute Gasteiger partial charge is 0.235 e. The summed E-state index contributed by atoms with van der Waals surface area (Å²) < 4.78 is 37.1. The van der Waals surface area contributed by atoms with Crippen LogP contribution in [-0.4, -0.2) is 26.1 Å². The molecule has 0 fully saturated rings. The molecule has 3 rings (SSSR count). The van der Waals surface area contributed by atoms with E-state index in [1.54, 1.807) is 0 Å². The number of halogens is 1. The van der Waals surface area contributed by atoms with Crippen LogP contribution in [0.4, 0.5) is 10.1 Å². The predicted octanol–water partition coefficient (Wildman–Crippen LogP) is 3.66. The molecule has 0 saturated carbocycles. The first-order valence-electron chi connectivity index (χ1n) is 8.46. The number of anilines is 1. The number of carbonyl (C=O) groups is 1. The molecule has 2 aromatic carbocycles. The maximum absolute atomic E-state index is 13.4. The first kappa shape index (κ1) is 18.3. The van der Waals surface area contributed by atoms with Gasteiger partial charge in [-0.15, -0.1) is 0 Å². The fraction of sp³-hybridized carbons (Fsp3) is 0.250. The Morgan fingerprint density at radius 3 is 2.35 bits per heavy atom. The largest absolute Gasteiger partial charge is 0.304 e. The van der Waals surface area contributed by atoms with Crippen LogP contribution in [0.5, 0.6) is 0 Å². The fourth-order valence-electron chi connectivity index (χ4n) is 3.21. The van der Waals surface area contributed by atoms with Crippen LogP contribution in [0.1, 0.15) is 24.8 Å². The summed E-state index contributed by atoms with van der Waals surface area (Å²) in [4.78, 5) is 14.8. The molecule has 0 bridgehead atoms. The van der Waals surface area contributed by atoms with Gasteiger partial charge in [0.15, 0.2) is 9.84 Å². The van der Waals surface area contributed by atoms with Crippen molar-refractivity contribution in [2.75, 3.05) is 10.7 Å². The van der Waals surface area contributed by atoms with E-state index in [0.717, 1.165) is 11.0 Å². The molecule has 1 aliphatic heterocycles. The van der Waals surface area contributed by atoms with E-state index in [2.05, 4.69) is 0 Å². The van der Waals surface area contributed by atoms with Gasteiger partial charge in [0.1, 0.15) is 5.82 Å². The Balaban J connectivity index is 2.01. The molecule has 0 N–H and O–H groups in total. The molecular weight excluding hydrogens is 353 g/mol. The molecule has 1 heterocycles. The molecule has 2 aromatic rings. The monoisotopic (exact) mass is 373 g/mol. The molecule has 0 unspecified atom stereocenters. The van der Waals surface area contributed by atoms with Gasteiger partial charge in [0.05, 0.1) is 17.7 Å². The maximum atomic E-state index is 13.4. The minimum atomic E-state index is -3.34.